The van der Waals surface area contributed by atoms with E-state index in [2.05, 4.69) is 9.72 Å². The van der Waals surface area contributed by atoms with Gasteiger partial charge in [-0.15, -0.1) is 5.06 Å². The molecule has 8 heteroatoms. The van der Waals surface area contributed by atoms with Crippen molar-refractivity contribution in [3.05, 3.63) is 22.1 Å². The maximum Gasteiger partial charge on any atom is 0.442 e. The van der Waals surface area contributed by atoms with Gasteiger partial charge in [-0.1, -0.05) is 23.2 Å². The number of nitrogens with zero attached hydrogens (tertiary/aromatic N) is 2. The number of halogens is 3. The molecule has 0 unspecified atom stereocenters. The molecule has 0 aliphatic rings. The Morgan fingerprint density at radius 1 is 1.53 bits per heavy atom. The van der Waals surface area contributed by atoms with Crippen molar-refractivity contribution in [2.75, 3.05) is 13.7 Å². The number of ether oxygens (including phenoxy) is 1. The normalized spacial score (nSPS) is 9.94. The van der Waals surface area contributed by atoms with Crippen LogP contribution in [0.25, 0.3) is 0 Å². The molecule has 0 aromatic carbocycles. The Labute approximate surface area is 107 Å². The highest BCUT2D eigenvalue weighted by atomic mass is 35.5. The van der Waals surface area contributed by atoms with E-state index in [9.17, 15) is 9.18 Å². The molecular formula is C9H9Cl2FN2O3. The van der Waals surface area contributed by atoms with Gasteiger partial charge in [-0.25, -0.2) is 4.79 Å². The first-order valence-corrected chi connectivity index (χ1v) is 5.31. The second-order valence-electron chi connectivity index (χ2n) is 2.84. The van der Waals surface area contributed by atoms with Gasteiger partial charge in [0.1, 0.15) is 5.02 Å². The fraction of sp³-hybridized carbons (Fsp3) is 0.333. The number of aromatic nitrogens is 1. The van der Waals surface area contributed by atoms with Crippen LogP contribution < -0.4 is 4.84 Å². The summed E-state index contributed by atoms with van der Waals surface area (Å²) >= 11 is 11.2. The molecule has 1 rings (SSSR count). The third-order valence-corrected chi connectivity index (χ3v) is 2.14. The van der Waals surface area contributed by atoms with E-state index in [0.717, 1.165) is 11.1 Å². The third kappa shape index (κ3) is 3.61. The largest absolute Gasteiger partial charge is 0.448 e. The van der Waals surface area contributed by atoms with Crippen LogP contribution in [0.15, 0.2) is 6.07 Å². The van der Waals surface area contributed by atoms with Crippen LogP contribution in [-0.2, 0) is 4.74 Å². The molecule has 0 aliphatic carbocycles. The van der Waals surface area contributed by atoms with Gasteiger partial charge in [0, 0.05) is 0 Å². The zero-order chi connectivity index (χ0) is 13.0. The molecule has 0 fully saturated rings. The molecule has 94 valence electrons. The number of rotatable bonds is 3. The van der Waals surface area contributed by atoms with Crippen molar-refractivity contribution in [3.8, 4) is 5.88 Å². The molecule has 0 N–H and O–H groups in total. The van der Waals surface area contributed by atoms with E-state index in [1.807, 2.05) is 0 Å². The maximum atomic E-state index is 13.0. The molecule has 1 aromatic heterocycles. The Morgan fingerprint density at radius 3 is 2.76 bits per heavy atom. The van der Waals surface area contributed by atoms with Gasteiger partial charge in [-0.3, -0.25) is 0 Å². The van der Waals surface area contributed by atoms with Crippen molar-refractivity contribution in [2.45, 2.75) is 6.92 Å². The topological polar surface area (TPSA) is 51.7 Å². The van der Waals surface area contributed by atoms with Gasteiger partial charge in [-0.2, -0.15) is 9.37 Å². The molecule has 0 aliphatic heterocycles. The van der Waals surface area contributed by atoms with E-state index in [1.54, 1.807) is 6.92 Å². The van der Waals surface area contributed by atoms with Crippen LogP contribution in [0.4, 0.5) is 9.18 Å². The zero-order valence-corrected chi connectivity index (χ0v) is 10.5. The zero-order valence-electron chi connectivity index (χ0n) is 9.04. The minimum atomic E-state index is -0.941. The minimum absolute atomic E-state index is 0.0208. The van der Waals surface area contributed by atoms with Gasteiger partial charge in [0.25, 0.3) is 5.88 Å². The second-order valence-corrected chi connectivity index (χ2v) is 3.65. The lowest BCUT2D eigenvalue weighted by molar-refractivity contribution is -0.0301. The van der Waals surface area contributed by atoms with Crippen LogP contribution in [-0.4, -0.2) is 29.8 Å². The van der Waals surface area contributed by atoms with Crippen molar-refractivity contribution in [1.82, 2.24) is 10.0 Å². The van der Waals surface area contributed by atoms with Crippen LogP contribution in [0, 0.1) is 5.95 Å². The quantitative estimate of drug-likeness (QED) is 0.632. The van der Waals surface area contributed by atoms with Crippen molar-refractivity contribution in [3.63, 3.8) is 0 Å². The second kappa shape index (κ2) is 5.88. The molecule has 1 heterocycles. The van der Waals surface area contributed by atoms with Crippen molar-refractivity contribution >= 4 is 29.3 Å². The lowest BCUT2D eigenvalue weighted by Crippen LogP contribution is -2.31. The number of carbonyl (C=O) groups excluding carboxylic acids is 1. The van der Waals surface area contributed by atoms with E-state index < -0.39 is 12.0 Å². The van der Waals surface area contributed by atoms with Crippen molar-refractivity contribution in [2.24, 2.45) is 0 Å². The smallest absolute Gasteiger partial charge is 0.442 e. The van der Waals surface area contributed by atoms with Gasteiger partial charge in [0.15, 0.2) is 0 Å². The SMILES string of the molecule is CCOC(=O)N(C)Oc1nc(F)c(Cl)cc1Cl. The molecule has 0 saturated carbocycles. The van der Waals surface area contributed by atoms with Crippen molar-refractivity contribution in [1.29, 1.82) is 0 Å². The third-order valence-electron chi connectivity index (χ3n) is 1.60. The predicted molar refractivity (Wildman–Crippen MR) is 59.6 cm³/mol. The van der Waals surface area contributed by atoms with Gasteiger partial charge in [-0.05, 0) is 13.0 Å². The van der Waals surface area contributed by atoms with Gasteiger partial charge in [0.05, 0.1) is 18.7 Å². The molecule has 0 radical (unpaired) electrons. The monoisotopic (exact) mass is 282 g/mol. The van der Waals surface area contributed by atoms with E-state index in [4.69, 9.17) is 28.0 Å². The molecule has 1 aromatic rings. The molecule has 5 nitrogen and oxygen atoms in total. The summed E-state index contributed by atoms with van der Waals surface area (Å²) in [6.45, 7) is 1.82. The standard InChI is InChI=1S/C9H9Cl2FN2O3/c1-3-16-9(15)14(2)17-8-6(11)4-5(10)7(12)13-8/h4H,3H2,1-2H3. The molecule has 1 amide bonds. The summed E-state index contributed by atoms with van der Waals surface area (Å²) in [5, 5.41) is 0.485. The highest BCUT2D eigenvalue weighted by Gasteiger charge is 2.16. The molecule has 0 bridgehead atoms. The van der Waals surface area contributed by atoms with Gasteiger partial charge < -0.3 is 9.57 Å². The first kappa shape index (κ1) is 13.8. The summed E-state index contributed by atoms with van der Waals surface area (Å²) in [5.41, 5.74) is 0. The number of hydrogen-bond donors (Lipinski definition) is 0. The Balaban J connectivity index is 2.81. The molecule has 0 atom stereocenters. The number of pyridine rings is 1. The maximum absolute atomic E-state index is 13.0. The van der Waals surface area contributed by atoms with Crippen LogP contribution in [0.2, 0.25) is 10.0 Å². The number of hydrogen-bond acceptors (Lipinski definition) is 4. The Morgan fingerprint density at radius 2 is 2.18 bits per heavy atom. The lowest BCUT2D eigenvalue weighted by Gasteiger charge is -2.16. The Hall–Kier alpha value is -1.27. The number of hydroxylamine groups is 2. The fourth-order valence-electron chi connectivity index (χ4n) is 0.874. The highest BCUT2D eigenvalue weighted by Crippen LogP contribution is 2.27. The predicted octanol–water partition coefficient (Wildman–Crippen LogP) is 2.91. The average Bonchev–Trinajstić information content (AvgIpc) is 2.26. The molecule has 0 spiro atoms. The van der Waals surface area contributed by atoms with Gasteiger partial charge in [0.2, 0.25) is 5.95 Å². The molecule has 17 heavy (non-hydrogen) atoms. The Bertz CT molecular complexity index is 431. The summed E-state index contributed by atoms with van der Waals surface area (Å²) < 4.78 is 17.7. The van der Waals surface area contributed by atoms with Crippen molar-refractivity contribution < 1.29 is 18.8 Å². The summed E-state index contributed by atoms with van der Waals surface area (Å²) in [4.78, 5) is 19.5. The molecule has 0 saturated heterocycles. The number of amides is 1. The van der Waals surface area contributed by atoms with E-state index in [-0.39, 0.29) is 22.5 Å². The minimum Gasteiger partial charge on any atom is -0.448 e. The first-order valence-electron chi connectivity index (χ1n) is 4.55. The van der Waals surface area contributed by atoms with E-state index in [1.165, 1.54) is 7.05 Å². The van der Waals surface area contributed by atoms with E-state index in [0.29, 0.717) is 0 Å². The van der Waals surface area contributed by atoms with E-state index >= 15 is 0 Å². The summed E-state index contributed by atoms with van der Waals surface area (Å²) in [7, 11) is 1.28. The average molecular weight is 283 g/mol. The molecular weight excluding hydrogens is 274 g/mol. The summed E-state index contributed by atoms with van der Waals surface area (Å²) in [5.74, 6) is -1.22. The van der Waals surface area contributed by atoms with Crippen LogP contribution in [0.1, 0.15) is 6.92 Å². The lowest BCUT2D eigenvalue weighted by atomic mass is 10.5. The first-order chi connectivity index (χ1) is 7.95. The van der Waals surface area contributed by atoms with Crippen LogP contribution in [0.3, 0.4) is 0 Å². The summed E-state index contributed by atoms with van der Waals surface area (Å²) in [6, 6.07) is 1.12. The summed E-state index contributed by atoms with van der Waals surface area (Å²) in [6.07, 6.45) is -0.749. The highest BCUT2D eigenvalue weighted by molar-refractivity contribution is 6.35. The van der Waals surface area contributed by atoms with Gasteiger partial charge >= 0.3 is 6.09 Å². The van der Waals surface area contributed by atoms with Crippen LogP contribution >= 0.6 is 23.2 Å². The number of carbonyl (C=O) groups is 1. The van der Waals surface area contributed by atoms with Crippen LogP contribution in [0.5, 0.6) is 5.88 Å². The fourth-order valence-corrected chi connectivity index (χ4v) is 1.27. The Kier molecular flexibility index (Phi) is 4.77.